The molecule has 0 atom stereocenters. The average Bonchev–Trinajstić information content (AvgIpc) is 1.91. The van der Waals surface area contributed by atoms with E-state index in [1.54, 1.807) is 0 Å². The molecule has 0 nitrogen and oxygen atoms in total. The Balaban J connectivity index is 2.61. The molecule has 0 unspecified atom stereocenters. The molecule has 0 aliphatic heterocycles. The molecule has 0 heterocycles. The fourth-order valence-corrected chi connectivity index (χ4v) is 3.17. The lowest BCUT2D eigenvalue weighted by Gasteiger charge is -1.92. The molecule has 2 heteroatoms. The van der Waals surface area contributed by atoms with Crippen LogP contribution >= 0.6 is 21.8 Å². The average molecular weight is 248 g/mol. The van der Waals surface area contributed by atoms with E-state index >= 15 is 0 Å². The van der Waals surface area contributed by atoms with Crippen molar-refractivity contribution in [1.29, 1.82) is 0 Å². The lowest BCUT2D eigenvalue weighted by molar-refractivity contribution is 1.40. The molecule has 0 aromatic heterocycles. The van der Waals surface area contributed by atoms with Crippen LogP contribution in [0.25, 0.3) is 0 Å². The highest BCUT2D eigenvalue weighted by Gasteiger charge is 1.86. The first kappa shape index (κ1) is 7.28. The molecule has 0 N–H and O–H groups in total. The third-order valence-corrected chi connectivity index (χ3v) is 3.61. The van der Waals surface area contributed by atoms with Crippen molar-refractivity contribution in [2.24, 2.45) is 0 Å². The molecule has 0 aliphatic carbocycles. The lowest BCUT2D eigenvalue weighted by Crippen LogP contribution is -1.85. The van der Waals surface area contributed by atoms with E-state index in [9.17, 15) is 0 Å². The van der Waals surface area contributed by atoms with E-state index in [0.717, 1.165) is 0 Å². The van der Waals surface area contributed by atoms with E-state index in [2.05, 4.69) is 52.1 Å². The Bertz CT molecular complexity index is 162. The van der Waals surface area contributed by atoms with E-state index < -0.39 is 0 Å². The van der Waals surface area contributed by atoms with Gasteiger partial charge in [0.05, 0.1) is 7.02 Å². The summed E-state index contributed by atoms with van der Waals surface area (Å²) in [6.07, 6.45) is 0. The predicted molar refractivity (Wildman–Crippen MR) is 52.7 cm³/mol. The predicted octanol–water partition coefficient (Wildman–Crippen LogP) is 1.71. The Morgan fingerprint density at radius 2 is 1.89 bits per heavy atom. The zero-order valence-corrected chi connectivity index (χ0v) is 8.75. The Morgan fingerprint density at radius 1 is 1.22 bits per heavy atom. The highest BCUT2D eigenvalue weighted by Crippen LogP contribution is 1.99. The highest BCUT2D eigenvalue weighted by molar-refractivity contribution is 14.1. The minimum absolute atomic E-state index is 0.186. The second kappa shape index (κ2) is 4.06. The summed E-state index contributed by atoms with van der Waals surface area (Å²) >= 11 is 2.53. The minimum Gasteiger partial charge on any atom is -0.128 e. The van der Waals surface area contributed by atoms with Crippen molar-refractivity contribution < 1.29 is 0 Å². The lowest BCUT2D eigenvalue weighted by atomic mass is 10.2. The van der Waals surface area contributed by atoms with Crippen LogP contribution in [0.4, 0.5) is 0 Å². The zero-order chi connectivity index (χ0) is 6.53. The van der Waals surface area contributed by atoms with Crippen LogP contribution in [-0.2, 0) is 6.04 Å². The molecule has 0 fully saturated rings. The topological polar surface area (TPSA) is 0 Å². The fourth-order valence-electron chi connectivity index (χ4n) is 0.754. The maximum atomic E-state index is 2.53. The van der Waals surface area contributed by atoms with Gasteiger partial charge in [-0.15, -0.1) is 21.8 Å². The molecule has 0 aliphatic rings. The summed E-state index contributed by atoms with van der Waals surface area (Å²) < 4.78 is 0. The molecule has 1 rings (SSSR count). The van der Waals surface area contributed by atoms with E-state index in [0.29, 0.717) is 0 Å². The van der Waals surface area contributed by atoms with Crippen molar-refractivity contribution in [3.05, 3.63) is 35.9 Å². The van der Waals surface area contributed by atoms with Crippen LogP contribution in [0.1, 0.15) is 5.56 Å². The first-order valence-electron chi connectivity index (χ1n) is 3.03. The smallest absolute Gasteiger partial charge is 0.0981 e. The molecule has 1 aromatic rings. The van der Waals surface area contributed by atoms with Gasteiger partial charge in [-0.3, -0.25) is 0 Å². The van der Waals surface area contributed by atoms with Crippen LogP contribution in [-0.4, -0.2) is 7.02 Å². The molecule has 9 heavy (non-hydrogen) atoms. The monoisotopic (exact) mass is 248 g/mol. The van der Waals surface area contributed by atoms with Crippen LogP contribution in [0.15, 0.2) is 30.3 Å². The Morgan fingerprint density at radius 3 is 2.44 bits per heavy atom. The van der Waals surface area contributed by atoms with Crippen LogP contribution < -0.4 is 0 Å². The number of hydrogen-bond donors (Lipinski definition) is 0. The van der Waals surface area contributed by atoms with Gasteiger partial charge >= 0.3 is 0 Å². The van der Waals surface area contributed by atoms with Gasteiger partial charge in [0.1, 0.15) is 0 Å². The molecule has 48 valence electrons. The number of rotatable bonds is 2. The van der Waals surface area contributed by atoms with E-state index in [1.807, 2.05) is 0 Å². The van der Waals surface area contributed by atoms with Crippen LogP contribution in [0.5, 0.6) is 0 Å². The maximum absolute atomic E-state index is 2.53. The molecule has 1 aromatic carbocycles. The largest absolute Gasteiger partial charge is 0.128 e. The normalized spacial score (nSPS) is 10.8. The van der Waals surface area contributed by atoms with Crippen molar-refractivity contribution >= 4 is 28.8 Å². The first-order chi connectivity index (χ1) is 4.43. The van der Waals surface area contributed by atoms with Gasteiger partial charge in [0.25, 0.3) is 0 Å². The van der Waals surface area contributed by atoms with Crippen LogP contribution in [0, 0.1) is 0 Å². The van der Waals surface area contributed by atoms with Crippen LogP contribution in [0.3, 0.4) is 0 Å². The van der Waals surface area contributed by atoms with Crippen molar-refractivity contribution in [3.8, 4) is 0 Å². The quantitative estimate of drug-likeness (QED) is 0.424. The van der Waals surface area contributed by atoms with Gasteiger partial charge < -0.3 is 0 Å². The zero-order valence-electron chi connectivity index (χ0n) is 5.18. The third-order valence-electron chi connectivity index (χ3n) is 1.23. The summed E-state index contributed by atoms with van der Waals surface area (Å²) in [5, 5.41) is 0. The van der Waals surface area contributed by atoms with Gasteiger partial charge in [0.15, 0.2) is 0 Å². The standard InChI is InChI=1S/C7H9ISi/c8-9-6-7-4-2-1-3-5-7/h1-5H,6,9H2. The van der Waals surface area contributed by atoms with Gasteiger partial charge in [0.2, 0.25) is 0 Å². The molecular formula is C7H9ISi. The van der Waals surface area contributed by atoms with E-state index in [1.165, 1.54) is 11.6 Å². The Kier molecular flexibility index (Phi) is 3.28. The molecule has 0 amide bonds. The van der Waals surface area contributed by atoms with Gasteiger partial charge in [-0.05, 0) is 6.04 Å². The summed E-state index contributed by atoms with van der Waals surface area (Å²) in [7, 11) is 0.186. The summed E-state index contributed by atoms with van der Waals surface area (Å²) in [5.74, 6) is 0. The second-order valence-corrected chi connectivity index (χ2v) is 6.04. The van der Waals surface area contributed by atoms with Crippen molar-refractivity contribution in [2.45, 2.75) is 6.04 Å². The first-order valence-corrected chi connectivity index (χ1v) is 9.14. The van der Waals surface area contributed by atoms with Crippen molar-refractivity contribution in [2.75, 3.05) is 0 Å². The molecule has 0 saturated heterocycles. The summed E-state index contributed by atoms with van der Waals surface area (Å²) in [6.45, 7) is 0. The Labute approximate surface area is 70.7 Å². The number of benzene rings is 1. The summed E-state index contributed by atoms with van der Waals surface area (Å²) in [6, 6.07) is 12.0. The van der Waals surface area contributed by atoms with Crippen molar-refractivity contribution in [1.82, 2.24) is 0 Å². The Hall–Kier alpha value is 0.167. The minimum atomic E-state index is 0.186. The van der Waals surface area contributed by atoms with E-state index in [4.69, 9.17) is 0 Å². The second-order valence-electron chi connectivity index (χ2n) is 1.92. The molecule has 0 saturated carbocycles. The van der Waals surface area contributed by atoms with Gasteiger partial charge in [-0.2, -0.15) is 0 Å². The molecule has 0 spiro atoms. The van der Waals surface area contributed by atoms with Crippen LogP contribution in [0.2, 0.25) is 0 Å². The summed E-state index contributed by atoms with van der Waals surface area (Å²) in [4.78, 5) is 0. The number of hydrogen-bond acceptors (Lipinski definition) is 0. The summed E-state index contributed by atoms with van der Waals surface area (Å²) in [5.41, 5.74) is 1.50. The van der Waals surface area contributed by atoms with Gasteiger partial charge in [0, 0.05) is 0 Å². The van der Waals surface area contributed by atoms with Gasteiger partial charge in [-0.1, -0.05) is 35.9 Å². The molecule has 0 radical (unpaired) electrons. The van der Waals surface area contributed by atoms with Crippen molar-refractivity contribution in [3.63, 3.8) is 0 Å². The van der Waals surface area contributed by atoms with E-state index in [-0.39, 0.29) is 7.02 Å². The highest BCUT2D eigenvalue weighted by atomic mass is 127. The molecular weight excluding hydrogens is 239 g/mol. The third kappa shape index (κ3) is 2.49. The fraction of sp³-hybridized carbons (Fsp3) is 0.143. The number of halogens is 1. The molecule has 0 bridgehead atoms. The SMILES string of the molecule is I[SiH2]Cc1ccccc1. The van der Waals surface area contributed by atoms with Gasteiger partial charge in [-0.25, -0.2) is 0 Å². The maximum Gasteiger partial charge on any atom is 0.0981 e.